The van der Waals surface area contributed by atoms with Crippen molar-refractivity contribution in [3.8, 4) is 0 Å². The summed E-state index contributed by atoms with van der Waals surface area (Å²) in [7, 11) is 0. The van der Waals surface area contributed by atoms with Crippen molar-refractivity contribution in [2.45, 2.75) is 58.8 Å². The van der Waals surface area contributed by atoms with E-state index >= 15 is 0 Å². The van der Waals surface area contributed by atoms with Crippen LogP contribution in [0.4, 0.5) is 0 Å². The third-order valence-electron chi connectivity index (χ3n) is 4.39. The normalized spacial score (nSPS) is 13.3. The Kier molecular flexibility index (Phi) is 5.58. The number of rotatable bonds is 7. The second kappa shape index (κ2) is 6.72. The Morgan fingerprint density at radius 1 is 1.06 bits per heavy atom. The molecule has 1 nitrogen and oxygen atoms in total. The lowest BCUT2D eigenvalue weighted by atomic mass is 9.73. The van der Waals surface area contributed by atoms with E-state index in [1.165, 1.54) is 30.4 Å². The molecule has 1 rings (SSSR count). The van der Waals surface area contributed by atoms with Gasteiger partial charge in [0.2, 0.25) is 0 Å². The van der Waals surface area contributed by atoms with Crippen LogP contribution in [0.2, 0.25) is 0 Å². The molecule has 0 saturated carbocycles. The van der Waals surface area contributed by atoms with Crippen molar-refractivity contribution in [3.05, 3.63) is 35.4 Å². The summed E-state index contributed by atoms with van der Waals surface area (Å²) in [4.78, 5) is 10.7. The van der Waals surface area contributed by atoms with Crippen LogP contribution < -0.4 is 0 Å². The van der Waals surface area contributed by atoms with Crippen molar-refractivity contribution in [1.82, 2.24) is 0 Å². The molecular formula is C17H26O. The van der Waals surface area contributed by atoms with E-state index < -0.39 is 0 Å². The maximum absolute atomic E-state index is 10.7. The summed E-state index contributed by atoms with van der Waals surface area (Å²) in [5, 5.41) is 0. The first-order chi connectivity index (χ1) is 8.61. The average Bonchev–Trinajstić information content (AvgIpc) is 2.43. The quantitative estimate of drug-likeness (QED) is 0.646. The Morgan fingerprint density at radius 3 is 1.94 bits per heavy atom. The summed E-state index contributed by atoms with van der Waals surface area (Å²) in [6, 6.07) is 8.88. The topological polar surface area (TPSA) is 17.1 Å². The molecule has 18 heavy (non-hydrogen) atoms. The van der Waals surface area contributed by atoms with Crippen molar-refractivity contribution < 1.29 is 4.79 Å². The van der Waals surface area contributed by atoms with Crippen molar-refractivity contribution in [2.75, 3.05) is 0 Å². The van der Waals surface area contributed by atoms with Gasteiger partial charge in [0.1, 0.15) is 6.29 Å². The van der Waals surface area contributed by atoms with Gasteiger partial charge in [0, 0.05) is 5.92 Å². The molecule has 0 heterocycles. The predicted octanol–water partition coefficient (Wildman–Crippen LogP) is 4.53. The van der Waals surface area contributed by atoms with Gasteiger partial charge in [0.05, 0.1) is 0 Å². The number of benzene rings is 1. The second-order valence-electron chi connectivity index (χ2n) is 5.36. The van der Waals surface area contributed by atoms with Gasteiger partial charge in [-0.2, -0.15) is 0 Å². The fraction of sp³-hybridized carbons (Fsp3) is 0.588. The minimum Gasteiger partial charge on any atom is -0.303 e. The van der Waals surface area contributed by atoms with Crippen molar-refractivity contribution in [1.29, 1.82) is 0 Å². The Morgan fingerprint density at radius 2 is 1.56 bits per heavy atom. The molecule has 1 aromatic carbocycles. The Labute approximate surface area is 112 Å². The van der Waals surface area contributed by atoms with Crippen LogP contribution in [0.3, 0.4) is 0 Å². The van der Waals surface area contributed by atoms with Gasteiger partial charge in [0.15, 0.2) is 0 Å². The Hall–Kier alpha value is -1.11. The van der Waals surface area contributed by atoms with Crippen LogP contribution in [-0.2, 0) is 16.6 Å². The molecule has 1 unspecified atom stereocenters. The zero-order chi connectivity index (χ0) is 13.6. The molecule has 0 aliphatic carbocycles. The molecule has 0 N–H and O–H groups in total. The van der Waals surface area contributed by atoms with E-state index in [1.807, 2.05) is 6.92 Å². The number of carbonyl (C=O) groups is 1. The van der Waals surface area contributed by atoms with E-state index in [0.29, 0.717) is 5.41 Å². The van der Waals surface area contributed by atoms with E-state index in [1.54, 1.807) is 0 Å². The van der Waals surface area contributed by atoms with Crippen LogP contribution in [0.1, 0.15) is 58.1 Å². The first kappa shape index (κ1) is 14.9. The van der Waals surface area contributed by atoms with Crippen molar-refractivity contribution in [3.63, 3.8) is 0 Å². The number of carbonyl (C=O) groups excluding carboxylic acids is 1. The van der Waals surface area contributed by atoms with E-state index in [4.69, 9.17) is 0 Å². The Balaban J connectivity index is 2.90. The van der Waals surface area contributed by atoms with E-state index in [-0.39, 0.29) is 5.92 Å². The summed E-state index contributed by atoms with van der Waals surface area (Å²) >= 11 is 0. The van der Waals surface area contributed by atoms with Gasteiger partial charge < -0.3 is 4.79 Å². The Bertz CT molecular complexity index is 351. The molecule has 0 radical (unpaired) electrons. The SMILES string of the molecule is CCC(CC)(CC)c1ccc(CC(C)C=O)cc1. The monoisotopic (exact) mass is 246 g/mol. The smallest absolute Gasteiger partial charge is 0.123 e. The van der Waals surface area contributed by atoms with Gasteiger partial charge in [-0.25, -0.2) is 0 Å². The maximum Gasteiger partial charge on any atom is 0.123 e. The lowest BCUT2D eigenvalue weighted by Gasteiger charge is -2.31. The maximum atomic E-state index is 10.7. The van der Waals surface area contributed by atoms with E-state index in [0.717, 1.165) is 12.7 Å². The van der Waals surface area contributed by atoms with Gasteiger partial charge in [-0.1, -0.05) is 52.0 Å². The lowest BCUT2D eigenvalue weighted by Crippen LogP contribution is -2.23. The van der Waals surface area contributed by atoms with Gasteiger partial charge in [-0.15, -0.1) is 0 Å². The number of hydrogen-bond donors (Lipinski definition) is 0. The van der Waals surface area contributed by atoms with Crippen molar-refractivity contribution in [2.24, 2.45) is 5.92 Å². The fourth-order valence-electron chi connectivity index (χ4n) is 2.78. The van der Waals surface area contributed by atoms with Gasteiger partial charge in [-0.3, -0.25) is 0 Å². The van der Waals surface area contributed by atoms with Crippen LogP contribution in [0, 0.1) is 5.92 Å². The molecular weight excluding hydrogens is 220 g/mol. The molecule has 0 fully saturated rings. The third kappa shape index (κ3) is 3.22. The fourth-order valence-corrected chi connectivity index (χ4v) is 2.78. The standard InChI is InChI=1S/C17H26O/c1-5-17(6-2,7-3)16-10-8-15(9-11-16)12-14(4)13-18/h8-11,13-14H,5-7,12H2,1-4H3. The molecule has 0 spiro atoms. The molecule has 0 saturated heterocycles. The van der Waals surface area contributed by atoms with Crippen molar-refractivity contribution >= 4 is 6.29 Å². The van der Waals surface area contributed by atoms with Crippen LogP contribution in [0.15, 0.2) is 24.3 Å². The highest BCUT2D eigenvalue weighted by molar-refractivity contribution is 5.53. The van der Waals surface area contributed by atoms with Gasteiger partial charge in [-0.05, 0) is 42.2 Å². The molecule has 1 atom stereocenters. The minimum atomic E-state index is 0.115. The molecule has 0 amide bonds. The molecule has 1 heteroatoms. The largest absolute Gasteiger partial charge is 0.303 e. The molecule has 100 valence electrons. The molecule has 1 aromatic rings. The summed E-state index contributed by atoms with van der Waals surface area (Å²) < 4.78 is 0. The van der Waals surface area contributed by atoms with Gasteiger partial charge in [0.25, 0.3) is 0 Å². The summed E-state index contributed by atoms with van der Waals surface area (Å²) in [6.07, 6.45) is 5.43. The molecule has 0 aliphatic heterocycles. The highest BCUT2D eigenvalue weighted by Gasteiger charge is 2.25. The lowest BCUT2D eigenvalue weighted by molar-refractivity contribution is -0.110. The second-order valence-corrected chi connectivity index (χ2v) is 5.36. The average molecular weight is 246 g/mol. The highest BCUT2D eigenvalue weighted by Crippen LogP contribution is 2.35. The molecule has 0 aliphatic rings. The van der Waals surface area contributed by atoms with E-state index in [2.05, 4.69) is 45.0 Å². The van der Waals surface area contributed by atoms with E-state index in [9.17, 15) is 4.79 Å². The first-order valence-corrected chi connectivity index (χ1v) is 7.16. The summed E-state index contributed by atoms with van der Waals surface area (Å²) in [5.74, 6) is 0.115. The minimum absolute atomic E-state index is 0.115. The summed E-state index contributed by atoms with van der Waals surface area (Å²) in [5.41, 5.74) is 3.03. The highest BCUT2D eigenvalue weighted by atomic mass is 16.1. The van der Waals surface area contributed by atoms with Crippen LogP contribution in [0.5, 0.6) is 0 Å². The van der Waals surface area contributed by atoms with Gasteiger partial charge >= 0.3 is 0 Å². The predicted molar refractivity (Wildman–Crippen MR) is 77.9 cm³/mol. The third-order valence-corrected chi connectivity index (χ3v) is 4.39. The van der Waals surface area contributed by atoms with Crippen LogP contribution >= 0.6 is 0 Å². The van der Waals surface area contributed by atoms with Crippen LogP contribution in [-0.4, -0.2) is 6.29 Å². The number of hydrogen-bond acceptors (Lipinski definition) is 1. The summed E-state index contributed by atoms with van der Waals surface area (Å²) in [6.45, 7) is 8.79. The van der Waals surface area contributed by atoms with Crippen LogP contribution in [0.25, 0.3) is 0 Å². The molecule has 0 bridgehead atoms. The first-order valence-electron chi connectivity index (χ1n) is 7.16. The zero-order valence-electron chi connectivity index (χ0n) is 12.2. The zero-order valence-corrected chi connectivity index (χ0v) is 12.2. The number of aldehydes is 1. The molecule has 0 aromatic heterocycles.